The van der Waals surface area contributed by atoms with Crippen LogP contribution >= 0.6 is 0 Å². The lowest BCUT2D eigenvalue weighted by Crippen LogP contribution is -2.38. The first-order valence-electron chi connectivity index (χ1n) is 10.2. The fourth-order valence-electron chi connectivity index (χ4n) is 4.51. The zero-order valence-electron chi connectivity index (χ0n) is 16.2. The average Bonchev–Trinajstić information content (AvgIpc) is 3.37. The van der Waals surface area contributed by atoms with Crippen LogP contribution in [0.25, 0.3) is 5.78 Å². The molecule has 3 aromatic heterocycles. The molecular weight excluding hydrogens is 397 g/mol. The van der Waals surface area contributed by atoms with E-state index < -0.39 is 12.0 Å². The Labute approximate surface area is 170 Å². The number of amides is 1. The van der Waals surface area contributed by atoms with Crippen LogP contribution in [0.2, 0.25) is 0 Å². The zero-order chi connectivity index (χ0) is 20.9. The Morgan fingerprint density at radius 3 is 2.67 bits per heavy atom. The summed E-state index contributed by atoms with van der Waals surface area (Å²) in [5.74, 6) is -1.27. The number of hydrogen-bond donors (Lipinski definition) is 1. The van der Waals surface area contributed by atoms with Crippen molar-refractivity contribution in [2.75, 3.05) is 13.1 Å². The van der Waals surface area contributed by atoms with Crippen LogP contribution in [0.5, 0.6) is 0 Å². The molecular formula is C20H21F3N6O. The highest BCUT2D eigenvalue weighted by atomic mass is 19.4. The first kappa shape index (κ1) is 19.1. The minimum atomic E-state index is -4.62. The van der Waals surface area contributed by atoms with Gasteiger partial charge in [0.05, 0.1) is 5.69 Å². The Balaban J connectivity index is 1.32. The second kappa shape index (κ2) is 7.10. The molecule has 3 aromatic rings. The van der Waals surface area contributed by atoms with E-state index in [1.807, 2.05) is 11.0 Å². The first-order chi connectivity index (χ1) is 14.4. The number of nitrogens with zero attached hydrogens (tertiary/aromatic N) is 5. The zero-order valence-corrected chi connectivity index (χ0v) is 16.2. The Morgan fingerprint density at radius 2 is 1.93 bits per heavy atom. The molecule has 0 radical (unpaired) electrons. The molecule has 1 saturated heterocycles. The molecule has 1 fully saturated rings. The highest BCUT2D eigenvalue weighted by Gasteiger charge is 2.37. The largest absolute Gasteiger partial charge is 0.453 e. The Hall–Kier alpha value is -2.91. The Morgan fingerprint density at radius 1 is 1.17 bits per heavy atom. The van der Waals surface area contributed by atoms with Gasteiger partial charge in [-0.2, -0.15) is 18.2 Å². The Kier molecular flexibility index (Phi) is 4.52. The van der Waals surface area contributed by atoms with Crippen LogP contribution in [-0.2, 0) is 19.0 Å². The molecule has 158 valence electrons. The Bertz CT molecular complexity index is 1070. The number of hydrogen-bond acceptors (Lipinski definition) is 4. The molecule has 1 aliphatic carbocycles. The van der Waals surface area contributed by atoms with E-state index in [0.717, 1.165) is 25.7 Å². The number of alkyl halides is 3. The molecule has 5 rings (SSSR count). The summed E-state index contributed by atoms with van der Waals surface area (Å²) in [4.78, 5) is 25.4. The van der Waals surface area contributed by atoms with Crippen LogP contribution < -0.4 is 0 Å². The number of likely N-dealkylation sites (tertiary alicyclic amines) is 1. The summed E-state index contributed by atoms with van der Waals surface area (Å²) in [5, 5.41) is 3.63. The van der Waals surface area contributed by atoms with E-state index >= 15 is 0 Å². The number of aromatic nitrogens is 5. The average molecular weight is 418 g/mol. The van der Waals surface area contributed by atoms with Crippen LogP contribution in [0.3, 0.4) is 0 Å². The quantitative estimate of drug-likeness (QED) is 0.692. The summed E-state index contributed by atoms with van der Waals surface area (Å²) in [6, 6.07) is 3.66. The summed E-state index contributed by atoms with van der Waals surface area (Å²) >= 11 is 0. The van der Waals surface area contributed by atoms with Gasteiger partial charge in [0.15, 0.2) is 0 Å². The molecule has 1 amide bonds. The number of H-pyrrole nitrogens is 1. The van der Waals surface area contributed by atoms with Crippen LogP contribution in [0, 0.1) is 0 Å². The maximum Gasteiger partial charge on any atom is 0.453 e. The lowest BCUT2D eigenvalue weighted by molar-refractivity contribution is -0.144. The van der Waals surface area contributed by atoms with Crippen LogP contribution in [0.15, 0.2) is 18.3 Å². The highest BCUT2D eigenvalue weighted by Crippen LogP contribution is 2.31. The van der Waals surface area contributed by atoms with E-state index in [4.69, 9.17) is 0 Å². The number of aromatic amines is 1. The number of carbonyl (C=O) groups excluding carboxylic acids is 1. The van der Waals surface area contributed by atoms with Crippen molar-refractivity contribution in [2.45, 2.75) is 50.6 Å². The molecule has 10 heteroatoms. The van der Waals surface area contributed by atoms with Gasteiger partial charge in [-0.1, -0.05) is 0 Å². The van der Waals surface area contributed by atoms with Gasteiger partial charge in [0.1, 0.15) is 5.69 Å². The predicted octanol–water partition coefficient (Wildman–Crippen LogP) is 3.37. The van der Waals surface area contributed by atoms with Crippen LogP contribution in [0.4, 0.5) is 13.2 Å². The van der Waals surface area contributed by atoms with Crippen molar-refractivity contribution < 1.29 is 18.0 Å². The van der Waals surface area contributed by atoms with Gasteiger partial charge in [0.2, 0.25) is 0 Å². The van der Waals surface area contributed by atoms with Gasteiger partial charge in [0.25, 0.3) is 17.5 Å². The molecule has 0 spiro atoms. The summed E-state index contributed by atoms with van der Waals surface area (Å²) in [7, 11) is 0. The molecule has 0 aromatic carbocycles. The fourth-order valence-corrected chi connectivity index (χ4v) is 4.51. The summed E-state index contributed by atoms with van der Waals surface area (Å²) in [5.41, 5.74) is 3.69. The number of fused-ring (bicyclic) bond motifs is 2. The molecule has 30 heavy (non-hydrogen) atoms. The summed E-state index contributed by atoms with van der Waals surface area (Å²) in [6.07, 6.45) is 2.43. The lowest BCUT2D eigenvalue weighted by atomic mass is 9.93. The van der Waals surface area contributed by atoms with E-state index in [1.54, 1.807) is 6.07 Å². The molecule has 0 saturated carbocycles. The van der Waals surface area contributed by atoms with Gasteiger partial charge in [-0.05, 0) is 56.2 Å². The maximum atomic E-state index is 13.0. The van der Waals surface area contributed by atoms with E-state index in [9.17, 15) is 18.0 Å². The third-order valence-electron chi connectivity index (χ3n) is 6.07. The number of rotatable bonds is 2. The number of aryl methyl sites for hydroxylation is 2. The van der Waals surface area contributed by atoms with Crippen molar-refractivity contribution >= 4 is 11.7 Å². The third-order valence-corrected chi connectivity index (χ3v) is 6.07. The van der Waals surface area contributed by atoms with E-state index in [0.29, 0.717) is 37.3 Å². The predicted molar refractivity (Wildman–Crippen MR) is 101 cm³/mol. The molecule has 0 unspecified atom stereocenters. The number of carbonyl (C=O) groups is 1. The van der Waals surface area contributed by atoms with Gasteiger partial charge in [-0.3, -0.25) is 4.79 Å². The fraction of sp³-hybridized carbons (Fsp3) is 0.500. The smallest absolute Gasteiger partial charge is 0.354 e. The second-order valence-corrected chi connectivity index (χ2v) is 7.98. The second-order valence-electron chi connectivity index (χ2n) is 7.98. The molecule has 0 bridgehead atoms. The van der Waals surface area contributed by atoms with E-state index in [2.05, 4.69) is 20.1 Å². The normalized spacial score (nSPS) is 18.0. The maximum absolute atomic E-state index is 13.0. The van der Waals surface area contributed by atoms with Crippen LogP contribution in [-0.4, -0.2) is 48.5 Å². The van der Waals surface area contributed by atoms with Crippen molar-refractivity contribution in [2.24, 2.45) is 0 Å². The number of halogens is 3. The SMILES string of the molecule is O=C(c1cc2c([nH]1)CCCC2)N1CCC(c2ccnc3nc(C(F)(F)F)nn23)CC1. The summed E-state index contributed by atoms with van der Waals surface area (Å²) < 4.78 is 40.1. The van der Waals surface area contributed by atoms with Crippen molar-refractivity contribution in [3.8, 4) is 0 Å². The van der Waals surface area contributed by atoms with Crippen molar-refractivity contribution in [1.29, 1.82) is 0 Å². The van der Waals surface area contributed by atoms with Crippen molar-refractivity contribution in [3.63, 3.8) is 0 Å². The molecule has 4 heterocycles. The number of nitrogens with one attached hydrogen (secondary N) is 1. The van der Waals surface area contributed by atoms with Crippen molar-refractivity contribution in [1.82, 2.24) is 29.5 Å². The number of piperidine rings is 1. The van der Waals surface area contributed by atoms with Gasteiger partial charge in [-0.25, -0.2) is 9.50 Å². The van der Waals surface area contributed by atoms with Crippen LogP contribution in [0.1, 0.15) is 64.9 Å². The molecule has 2 aliphatic rings. The minimum Gasteiger partial charge on any atom is -0.354 e. The first-order valence-corrected chi connectivity index (χ1v) is 10.2. The molecule has 1 aliphatic heterocycles. The molecule has 1 N–H and O–H groups in total. The van der Waals surface area contributed by atoms with E-state index in [1.165, 1.54) is 22.0 Å². The lowest BCUT2D eigenvalue weighted by Gasteiger charge is -2.31. The standard InChI is InChI=1S/C20H21F3N6O/c21-20(22,23)18-26-19-24-8-5-16(29(19)27-18)12-6-9-28(10-7-12)17(30)15-11-13-3-1-2-4-14(13)25-15/h5,8,11-12,25H,1-4,6-7,9-10H2. The van der Waals surface area contributed by atoms with Gasteiger partial charge >= 0.3 is 6.18 Å². The minimum absolute atomic E-state index is 0.0113. The van der Waals surface area contributed by atoms with E-state index in [-0.39, 0.29) is 17.6 Å². The van der Waals surface area contributed by atoms with Gasteiger partial charge in [0, 0.05) is 30.9 Å². The van der Waals surface area contributed by atoms with Crippen molar-refractivity contribution in [3.05, 3.63) is 46.8 Å². The molecule has 7 nitrogen and oxygen atoms in total. The van der Waals surface area contributed by atoms with Gasteiger partial charge < -0.3 is 9.88 Å². The highest BCUT2D eigenvalue weighted by molar-refractivity contribution is 5.93. The topological polar surface area (TPSA) is 79.2 Å². The summed E-state index contributed by atoms with van der Waals surface area (Å²) in [6.45, 7) is 1.08. The molecule has 0 atom stereocenters. The monoisotopic (exact) mass is 418 g/mol. The van der Waals surface area contributed by atoms with Gasteiger partial charge in [-0.15, -0.1) is 5.10 Å². The third kappa shape index (κ3) is 3.33.